The van der Waals surface area contributed by atoms with Gasteiger partial charge in [-0.1, -0.05) is 6.07 Å². The molecule has 1 saturated carbocycles. The van der Waals surface area contributed by atoms with Crippen molar-refractivity contribution in [1.82, 2.24) is 0 Å². The molecule has 0 spiro atoms. The van der Waals surface area contributed by atoms with Crippen LogP contribution < -0.4 is 0 Å². The molecular formula is C14H17FO3. The Hall–Kier alpha value is -1.58. The normalized spacial score (nSPS) is 18.3. The molecule has 3 nitrogen and oxygen atoms in total. The van der Waals surface area contributed by atoms with E-state index in [-0.39, 0.29) is 23.7 Å². The van der Waals surface area contributed by atoms with Crippen LogP contribution in [-0.2, 0) is 4.79 Å². The van der Waals surface area contributed by atoms with E-state index in [4.69, 9.17) is 5.11 Å². The third-order valence-electron chi connectivity index (χ3n) is 3.49. The lowest BCUT2D eigenvalue weighted by molar-refractivity contribution is -0.137. The minimum Gasteiger partial charge on any atom is -0.508 e. The minimum atomic E-state index is -1.25. The van der Waals surface area contributed by atoms with Crippen LogP contribution in [-0.4, -0.2) is 16.2 Å². The number of halogens is 1. The van der Waals surface area contributed by atoms with Crippen molar-refractivity contribution in [3.8, 4) is 5.75 Å². The predicted octanol–water partition coefficient (Wildman–Crippen LogP) is 3.39. The smallest absolute Gasteiger partial charge is 0.303 e. The highest BCUT2D eigenvalue weighted by atomic mass is 19.1. The molecule has 0 bridgehead atoms. The molecule has 0 radical (unpaired) electrons. The third kappa shape index (κ3) is 2.81. The van der Waals surface area contributed by atoms with Crippen LogP contribution in [0.5, 0.6) is 5.75 Å². The van der Waals surface area contributed by atoms with Crippen molar-refractivity contribution in [2.45, 2.75) is 38.3 Å². The maximum absolute atomic E-state index is 13.3. The molecule has 1 aromatic carbocycles. The van der Waals surface area contributed by atoms with E-state index in [0.717, 1.165) is 18.4 Å². The SMILES string of the molecule is CC(F)c1cc(C(CC(=O)O)C2CC2)ccc1O. The minimum absolute atomic E-state index is 0.0650. The van der Waals surface area contributed by atoms with Crippen molar-refractivity contribution in [2.24, 2.45) is 5.92 Å². The molecule has 0 saturated heterocycles. The molecule has 1 fully saturated rings. The molecule has 0 amide bonds. The second-order valence-corrected chi connectivity index (χ2v) is 4.98. The van der Waals surface area contributed by atoms with E-state index in [2.05, 4.69) is 0 Å². The first-order valence-electron chi connectivity index (χ1n) is 6.17. The number of carbonyl (C=O) groups is 1. The number of phenolic OH excluding ortho intramolecular Hbond substituents is 1. The summed E-state index contributed by atoms with van der Waals surface area (Å²) in [5, 5.41) is 18.5. The lowest BCUT2D eigenvalue weighted by Crippen LogP contribution is -2.08. The monoisotopic (exact) mass is 252 g/mol. The van der Waals surface area contributed by atoms with Crippen LogP contribution in [0, 0.1) is 5.92 Å². The molecule has 1 aliphatic rings. The van der Waals surface area contributed by atoms with Crippen molar-refractivity contribution in [3.05, 3.63) is 29.3 Å². The summed E-state index contributed by atoms with van der Waals surface area (Å²) in [4.78, 5) is 10.9. The summed E-state index contributed by atoms with van der Waals surface area (Å²) in [7, 11) is 0. The quantitative estimate of drug-likeness (QED) is 0.844. The van der Waals surface area contributed by atoms with Crippen molar-refractivity contribution in [3.63, 3.8) is 0 Å². The van der Waals surface area contributed by atoms with Gasteiger partial charge in [0.25, 0.3) is 0 Å². The van der Waals surface area contributed by atoms with Crippen LogP contribution in [0.15, 0.2) is 18.2 Å². The Kier molecular flexibility index (Phi) is 3.55. The topological polar surface area (TPSA) is 57.5 Å². The van der Waals surface area contributed by atoms with Crippen molar-refractivity contribution in [1.29, 1.82) is 0 Å². The van der Waals surface area contributed by atoms with Crippen LogP contribution >= 0.6 is 0 Å². The summed E-state index contributed by atoms with van der Waals surface area (Å²) in [5.74, 6) is -0.595. The Morgan fingerprint density at radius 3 is 2.67 bits per heavy atom. The summed E-state index contributed by atoms with van der Waals surface area (Å²) in [6.45, 7) is 1.36. The number of carboxylic acids is 1. The number of rotatable bonds is 5. The van der Waals surface area contributed by atoms with Gasteiger partial charge in [0.2, 0.25) is 0 Å². The van der Waals surface area contributed by atoms with Crippen LogP contribution in [0.4, 0.5) is 4.39 Å². The van der Waals surface area contributed by atoms with Gasteiger partial charge in [0.1, 0.15) is 11.9 Å². The Balaban J connectivity index is 2.29. The fraction of sp³-hybridized carbons (Fsp3) is 0.500. The molecule has 2 rings (SSSR count). The molecule has 0 aliphatic heterocycles. The first kappa shape index (κ1) is 12.9. The number of phenols is 1. The summed E-state index contributed by atoms with van der Waals surface area (Å²) in [6, 6.07) is 4.76. The van der Waals surface area contributed by atoms with Crippen LogP contribution in [0.25, 0.3) is 0 Å². The van der Waals surface area contributed by atoms with Gasteiger partial charge in [0.05, 0.1) is 6.42 Å². The number of aliphatic carboxylic acids is 1. The lowest BCUT2D eigenvalue weighted by Gasteiger charge is -2.16. The van der Waals surface area contributed by atoms with Gasteiger partial charge in [-0.3, -0.25) is 4.79 Å². The summed E-state index contributed by atoms with van der Waals surface area (Å²) in [6.07, 6.45) is 0.864. The molecule has 4 heteroatoms. The van der Waals surface area contributed by atoms with E-state index in [9.17, 15) is 14.3 Å². The first-order chi connectivity index (χ1) is 8.49. The van der Waals surface area contributed by atoms with Crippen molar-refractivity contribution >= 4 is 5.97 Å². The van der Waals surface area contributed by atoms with Gasteiger partial charge in [-0.05, 0) is 49.3 Å². The van der Waals surface area contributed by atoms with Gasteiger partial charge >= 0.3 is 5.97 Å². The number of hydrogen-bond donors (Lipinski definition) is 2. The maximum Gasteiger partial charge on any atom is 0.303 e. The highest BCUT2D eigenvalue weighted by molar-refractivity contribution is 5.68. The van der Waals surface area contributed by atoms with Gasteiger partial charge in [0, 0.05) is 5.56 Å². The van der Waals surface area contributed by atoms with E-state index in [1.807, 2.05) is 0 Å². The molecular weight excluding hydrogens is 235 g/mol. The van der Waals surface area contributed by atoms with E-state index in [0.29, 0.717) is 5.92 Å². The van der Waals surface area contributed by atoms with E-state index < -0.39 is 12.1 Å². The zero-order valence-corrected chi connectivity index (χ0v) is 10.3. The average molecular weight is 252 g/mol. The van der Waals surface area contributed by atoms with Gasteiger partial charge in [-0.2, -0.15) is 0 Å². The Labute approximate surface area is 105 Å². The van der Waals surface area contributed by atoms with Crippen LogP contribution in [0.2, 0.25) is 0 Å². The molecule has 2 N–H and O–H groups in total. The largest absolute Gasteiger partial charge is 0.508 e. The Bertz CT molecular complexity index is 452. The number of benzene rings is 1. The second-order valence-electron chi connectivity index (χ2n) is 4.98. The lowest BCUT2D eigenvalue weighted by atomic mass is 9.89. The van der Waals surface area contributed by atoms with E-state index >= 15 is 0 Å². The molecule has 1 aliphatic carbocycles. The van der Waals surface area contributed by atoms with Gasteiger partial charge in [-0.15, -0.1) is 0 Å². The fourth-order valence-corrected chi connectivity index (χ4v) is 2.37. The zero-order chi connectivity index (χ0) is 13.3. The summed E-state index contributed by atoms with van der Waals surface area (Å²) < 4.78 is 13.3. The molecule has 1 aromatic rings. The predicted molar refractivity (Wildman–Crippen MR) is 65.3 cm³/mol. The Morgan fingerprint density at radius 1 is 1.50 bits per heavy atom. The molecule has 2 unspecified atom stereocenters. The van der Waals surface area contributed by atoms with Gasteiger partial charge in [0.15, 0.2) is 0 Å². The zero-order valence-electron chi connectivity index (χ0n) is 10.3. The van der Waals surface area contributed by atoms with Crippen LogP contribution in [0.1, 0.15) is 49.4 Å². The summed E-state index contributed by atoms with van der Waals surface area (Å²) >= 11 is 0. The molecule has 2 atom stereocenters. The Morgan fingerprint density at radius 2 is 2.17 bits per heavy atom. The van der Waals surface area contributed by atoms with Crippen molar-refractivity contribution in [2.75, 3.05) is 0 Å². The number of alkyl halides is 1. The highest BCUT2D eigenvalue weighted by Gasteiger charge is 2.34. The standard InChI is InChI=1S/C14H17FO3/c1-8(15)11-6-10(4-5-13(11)16)12(7-14(17)18)9-2-3-9/h4-6,8-9,12,16H,2-3,7H2,1H3,(H,17,18). The number of aromatic hydroxyl groups is 1. The number of carboxylic acid groups (broad SMARTS) is 1. The van der Waals surface area contributed by atoms with Crippen molar-refractivity contribution < 1.29 is 19.4 Å². The molecule has 18 heavy (non-hydrogen) atoms. The fourth-order valence-electron chi connectivity index (χ4n) is 2.37. The first-order valence-corrected chi connectivity index (χ1v) is 6.17. The van der Waals surface area contributed by atoms with Gasteiger partial charge in [-0.25, -0.2) is 4.39 Å². The van der Waals surface area contributed by atoms with Crippen LogP contribution in [0.3, 0.4) is 0 Å². The molecule has 98 valence electrons. The highest BCUT2D eigenvalue weighted by Crippen LogP contribution is 2.45. The number of hydrogen-bond acceptors (Lipinski definition) is 2. The average Bonchev–Trinajstić information content (AvgIpc) is 3.10. The summed E-state index contributed by atoms with van der Waals surface area (Å²) in [5.41, 5.74) is 1.06. The third-order valence-corrected chi connectivity index (χ3v) is 3.49. The molecule has 0 heterocycles. The van der Waals surface area contributed by atoms with Gasteiger partial charge < -0.3 is 10.2 Å². The second kappa shape index (κ2) is 4.96. The van der Waals surface area contributed by atoms with E-state index in [1.54, 1.807) is 12.1 Å². The maximum atomic E-state index is 13.3. The van der Waals surface area contributed by atoms with E-state index in [1.165, 1.54) is 13.0 Å². The molecule has 0 aromatic heterocycles.